The molecule has 2 N–H and O–H groups in total. The molecule has 1 aliphatic rings. The second-order valence-corrected chi connectivity index (χ2v) is 5.73. The molecule has 4 nitrogen and oxygen atoms in total. The molecule has 1 saturated heterocycles. The normalized spacial score (nSPS) is 21.4. The zero-order valence-electron chi connectivity index (χ0n) is 12.5. The Morgan fingerprint density at radius 1 is 1.45 bits per heavy atom. The van der Waals surface area contributed by atoms with Gasteiger partial charge in [-0.3, -0.25) is 9.69 Å². The van der Waals surface area contributed by atoms with Crippen molar-refractivity contribution in [2.45, 2.75) is 31.8 Å². The smallest absolute Gasteiger partial charge is 0.236 e. The van der Waals surface area contributed by atoms with Crippen LogP contribution in [0, 0.1) is 0 Å². The Bertz CT molecular complexity index is 435. The third-order valence-electron chi connectivity index (χ3n) is 4.16. The maximum atomic E-state index is 12.4. The van der Waals surface area contributed by atoms with Gasteiger partial charge in [0.1, 0.15) is 0 Å². The Morgan fingerprint density at radius 3 is 2.80 bits per heavy atom. The van der Waals surface area contributed by atoms with Crippen molar-refractivity contribution in [3.05, 3.63) is 35.9 Å². The first-order chi connectivity index (χ1) is 9.58. The summed E-state index contributed by atoms with van der Waals surface area (Å²) in [7, 11) is 1.88. The predicted octanol–water partition coefficient (Wildman–Crippen LogP) is 1.63. The third kappa shape index (κ3) is 3.81. The summed E-state index contributed by atoms with van der Waals surface area (Å²) in [5.74, 6) is 0.162. The summed E-state index contributed by atoms with van der Waals surface area (Å²) in [5, 5.41) is 0. The summed E-state index contributed by atoms with van der Waals surface area (Å²) >= 11 is 0. The lowest BCUT2D eigenvalue weighted by Gasteiger charge is -2.33. The lowest BCUT2D eigenvalue weighted by molar-refractivity contribution is -0.133. The monoisotopic (exact) mass is 275 g/mol. The van der Waals surface area contributed by atoms with Crippen LogP contribution < -0.4 is 5.73 Å². The Balaban J connectivity index is 1.91. The van der Waals surface area contributed by atoms with Gasteiger partial charge in [0.2, 0.25) is 5.91 Å². The molecule has 1 aromatic rings. The number of nitrogens with zero attached hydrogens (tertiary/aromatic N) is 2. The molecule has 0 saturated carbocycles. The van der Waals surface area contributed by atoms with Crippen LogP contribution in [0.2, 0.25) is 0 Å². The molecule has 1 heterocycles. The number of rotatable bonds is 4. The van der Waals surface area contributed by atoms with E-state index < -0.39 is 0 Å². The van der Waals surface area contributed by atoms with Gasteiger partial charge in [0.15, 0.2) is 0 Å². The lowest BCUT2D eigenvalue weighted by atomic mass is 10.1. The van der Waals surface area contributed by atoms with Gasteiger partial charge in [0.05, 0.1) is 12.6 Å². The van der Waals surface area contributed by atoms with Crippen molar-refractivity contribution in [2.75, 3.05) is 26.7 Å². The molecule has 2 atom stereocenters. The Morgan fingerprint density at radius 2 is 2.15 bits per heavy atom. The quantitative estimate of drug-likeness (QED) is 0.908. The maximum Gasteiger partial charge on any atom is 0.236 e. The molecular formula is C16H25N3O. The number of benzene rings is 1. The van der Waals surface area contributed by atoms with E-state index in [9.17, 15) is 4.79 Å². The number of carbonyl (C=O) groups excluding carboxylic acids is 1. The van der Waals surface area contributed by atoms with Crippen LogP contribution in [-0.4, -0.2) is 48.4 Å². The van der Waals surface area contributed by atoms with Gasteiger partial charge in [-0.05, 0) is 31.9 Å². The van der Waals surface area contributed by atoms with Crippen molar-refractivity contribution in [3.63, 3.8) is 0 Å². The number of hydrogen-bond acceptors (Lipinski definition) is 3. The van der Waals surface area contributed by atoms with Gasteiger partial charge in [-0.2, -0.15) is 0 Å². The number of amides is 1. The van der Waals surface area contributed by atoms with Crippen LogP contribution in [0.15, 0.2) is 30.3 Å². The van der Waals surface area contributed by atoms with Gasteiger partial charge in [0.25, 0.3) is 0 Å². The van der Waals surface area contributed by atoms with Crippen LogP contribution in [0.4, 0.5) is 0 Å². The summed E-state index contributed by atoms with van der Waals surface area (Å²) in [6.07, 6.45) is 2.16. The summed E-state index contributed by atoms with van der Waals surface area (Å²) in [4.78, 5) is 16.4. The molecule has 20 heavy (non-hydrogen) atoms. The van der Waals surface area contributed by atoms with E-state index in [1.807, 2.05) is 30.1 Å². The second kappa shape index (κ2) is 6.86. The van der Waals surface area contributed by atoms with E-state index in [1.165, 1.54) is 5.56 Å². The molecule has 0 spiro atoms. The number of hydrogen-bond donors (Lipinski definition) is 1. The van der Waals surface area contributed by atoms with Crippen LogP contribution >= 0.6 is 0 Å². The SMILES string of the molecule is CC(c1ccccc1)N(C)C(=O)CN1CCCC(N)C1. The van der Waals surface area contributed by atoms with E-state index in [2.05, 4.69) is 24.0 Å². The topological polar surface area (TPSA) is 49.6 Å². The minimum Gasteiger partial charge on any atom is -0.338 e. The average molecular weight is 275 g/mol. The largest absolute Gasteiger partial charge is 0.338 e. The van der Waals surface area contributed by atoms with Gasteiger partial charge in [0, 0.05) is 19.6 Å². The number of carbonyl (C=O) groups is 1. The van der Waals surface area contributed by atoms with Crippen LogP contribution in [0.1, 0.15) is 31.4 Å². The molecule has 2 unspecified atom stereocenters. The number of likely N-dealkylation sites (tertiary alicyclic amines) is 1. The van der Waals surface area contributed by atoms with Crippen molar-refractivity contribution in [1.82, 2.24) is 9.80 Å². The van der Waals surface area contributed by atoms with Crippen LogP contribution in [0.25, 0.3) is 0 Å². The molecule has 1 aromatic carbocycles. The zero-order chi connectivity index (χ0) is 14.5. The molecule has 0 aromatic heterocycles. The highest BCUT2D eigenvalue weighted by atomic mass is 16.2. The van der Waals surface area contributed by atoms with E-state index >= 15 is 0 Å². The zero-order valence-corrected chi connectivity index (χ0v) is 12.5. The van der Waals surface area contributed by atoms with Gasteiger partial charge in [-0.1, -0.05) is 30.3 Å². The van der Waals surface area contributed by atoms with Crippen LogP contribution in [0.5, 0.6) is 0 Å². The van der Waals surface area contributed by atoms with Crippen molar-refractivity contribution in [3.8, 4) is 0 Å². The summed E-state index contributed by atoms with van der Waals surface area (Å²) in [6, 6.07) is 10.4. The van der Waals surface area contributed by atoms with Crippen LogP contribution in [0.3, 0.4) is 0 Å². The fourth-order valence-electron chi connectivity index (χ4n) is 2.71. The number of piperidine rings is 1. The first-order valence-corrected chi connectivity index (χ1v) is 7.36. The molecule has 0 aliphatic carbocycles. The van der Waals surface area contributed by atoms with E-state index in [0.29, 0.717) is 6.54 Å². The first-order valence-electron chi connectivity index (χ1n) is 7.36. The van der Waals surface area contributed by atoms with E-state index in [4.69, 9.17) is 5.73 Å². The molecule has 0 bridgehead atoms. The molecule has 110 valence electrons. The minimum atomic E-state index is 0.0992. The fourth-order valence-corrected chi connectivity index (χ4v) is 2.71. The molecule has 2 rings (SSSR count). The molecule has 4 heteroatoms. The maximum absolute atomic E-state index is 12.4. The van der Waals surface area contributed by atoms with Gasteiger partial charge >= 0.3 is 0 Å². The minimum absolute atomic E-state index is 0.0992. The van der Waals surface area contributed by atoms with Gasteiger partial charge in [-0.15, -0.1) is 0 Å². The van der Waals surface area contributed by atoms with E-state index in [1.54, 1.807) is 0 Å². The number of nitrogens with two attached hydrogens (primary N) is 1. The highest BCUT2D eigenvalue weighted by Gasteiger charge is 2.22. The van der Waals surface area contributed by atoms with Crippen molar-refractivity contribution >= 4 is 5.91 Å². The van der Waals surface area contributed by atoms with Gasteiger partial charge < -0.3 is 10.6 Å². The molecule has 1 fully saturated rings. The fraction of sp³-hybridized carbons (Fsp3) is 0.562. The first kappa shape index (κ1) is 15.0. The standard InChI is InChI=1S/C16H25N3O/c1-13(14-7-4-3-5-8-14)18(2)16(20)12-19-10-6-9-15(17)11-19/h3-5,7-8,13,15H,6,9-12,17H2,1-2H3. The second-order valence-electron chi connectivity index (χ2n) is 5.73. The summed E-state index contributed by atoms with van der Waals surface area (Å²) in [5.41, 5.74) is 7.13. The molecule has 1 aliphatic heterocycles. The van der Waals surface area contributed by atoms with Crippen LogP contribution in [-0.2, 0) is 4.79 Å². The van der Waals surface area contributed by atoms with Crippen molar-refractivity contribution in [1.29, 1.82) is 0 Å². The van der Waals surface area contributed by atoms with E-state index in [0.717, 1.165) is 25.9 Å². The Hall–Kier alpha value is -1.39. The molecule has 1 amide bonds. The molecule has 0 radical (unpaired) electrons. The summed E-state index contributed by atoms with van der Waals surface area (Å²) in [6.45, 7) is 4.35. The Kier molecular flexibility index (Phi) is 5.15. The Labute approximate surface area is 121 Å². The predicted molar refractivity (Wildman–Crippen MR) is 81.3 cm³/mol. The van der Waals surface area contributed by atoms with Crippen molar-refractivity contribution < 1.29 is 4.79 Å². The lowest BCUT2D eigenvalue weighted by Crippen LogP contribution is -2.47. The number of likely N-dealkylation sites (N-methyl/N-ethyl adjacent to an activating group) is 1. The summed E-state index contributed by atoms with van der Waals surface area (Å²) < 4.78 is 0. The third-order valence-corrected chi connectivity index (χ3v) is 4.16. The van der Waals surface area contributed by atoms with Crippen molar-refractivity contribution in [2.24, 2.45) is 5.73 Å². The highest BCUT2D eigenvalue weighted by Crippen LogP contribution is 2.18. The highest BCUT2D eigenvalue weighted by molar-refractivity contribution is 5.78. The van der Waals surface area contributed by atoms with Gasteiger partial charge in [-0.25, -0.2) is 0 Å². The van der Waals surface area contributed by atoms with E-state index in [-0.39, 0.29) is 18.0 Å². The average Bonchev–Trinajstić information content (AvgIpc) is 2.46. The molecular weight excluding hydrogens is 250 g/mol.